The molecule has 0 saturated heterocycles. The van der Waals surface area contributed by atoms with Crippen molar-refractivity contribution in [2.45, 2.75) is 23.6 Å². The van der Waals surface area contributed by atoms with Gasteiger partial charge in [-0.05, 0) is 43.3 Å². The van der Waals surface area contributed by atoms with Gasteiger partial charge in [-0.25, -0.2) is 13.1 Å². The van der Waals surface area contributed by atoms with Gasteiger partial charge in [-0.2, -0.15) is 0 Å². The smallest absolute Gasteiger partial charge is 0.249 e. The van der Waals surface area contributed by atoms with E-state index in [1.807, 2.05) is 24.3 Å². The molecule has 1 amide bonds. The van der Waals surface area contributed by atoms with E-state index < -0.39 is 10.0 Å². The maximum atomic E-state index is 11.9. The highest BCUT2D eigenvalue weighted by Gasteiger charge is 2.14. The number of benzene rings is 1. The Hall–Kier alpha value is -1.90. The normalized spacial score (nSPS) is 11.2. The lowest BCUT2D eigenvalue weighted by atomic mass is 10.1. The van der Waals surface area contributed by atoms with Gasteiger partial charge in [0.15, 0.2) is 0 Å². The Balaban J connectivity index is 1.80. The van der Waals surface area contributed by atoms with Gasteiger partial charge in [0.25, 0.3) is 0 Å². The van der Waals surface area contributed by atoms with Crippen LogP contribution in [0.3, 0.4) is 0 Å². The molecular weight excluding hydrogens is 348 g/mol. The minimum Gasteiger partial charge on any atom is -0.497 e. The van der Waals surface area contributed by atoms with Crippen LogP contribution in [0.2, 0.25) is 0 Å². The van der Waals surface area contributed by atoms with E-state index in [-0.39, 0.29) is 10.1 Å². The molecule has 0 spiro atoms. The van der Waals surface area contributed by atoms with E-state index in [1.54, 1.807) is 13.2 Å². The first-order valence-electron chi connectivity index (χ1n) is 7.36. The molecule has 0 bridgehead atoms. The van der Waals surface area contributed by atoms with Crippen LogP contribution in [0.4, 0.5) is 0 Å². The summed E-state index contributed by atoms with van der Waals surface area (Å²) in [6, 6.07) is 10.8. The van der Waals surface area contributed by atoms with Crippen LogP contribution in [0, 0.1) is 0 Å². The average molecular weight is 368 g/mol. The number of thiophene rings is 1. The van der Waals surface area contributed by atoms with Crippen molar-refractivity contribution in [1.29, 1.82) is 0 Å². The number of methoxy groups -OCH3 is 1. The van der Waals surface area contributed by atoms with E-state index >= 15 is 0 Å². The molecule has 1 heterocycles. The molecule has 0 aliphatic carbocycles. The molecule has 8 heteroatoms. The number of sulfonamides is 1. The van der Waals surface area contributed by atoms with Crippen LogP contribution in [-0.2, 0) is 27.8 Å². The maximum Gasteiger partial charge on any atom is 0.249 e. The molecule has 1 aromatic heterocycles. The molecule has 0 saturated carbocycles. The Labute approximate surface area is 145 Å². The molecule has 2 aromatic rings. The molecule has 0 radical (unpaired) electrons. The van der Waals surface area contributed by atoms with Crippen LogP contribution in [0.25, 0.3) is 0 Å². The van der Waals surface area contributed by atoms with Crippen LogP contribution >= 0.6 is 11.3 Å². The number of ether oxygens (including phenoxy) is 1. The predicted molar refractivity (Wildman–Crippen MR) is 93.7 cm³/mol. The summed E-state index contributed by atoms with van der Waals surface area (Å²) in [4.78, 5) is 12.7. The minimum absolute atomic E-state index is 0.0720. The second-order valence-electron chi connectivity index (χ2n) is 5.05. The number of hydrogen-bond donors (Lipinski definition) is 2. The topological polar surface area (TPSA) is 84.5 Å². The third-order valence-corrected chi connectivity index (χ3v) is 6.42. The fraction of sp³-hybridized carbons (Fsp3) is 0.312. The van der Waals surface area contributed by atoms with Gasteiger partial charge in [0.1, 0.15) is 9.96 Å². The zero-order valence-corrected chi connectivity index (χ0v) is 15.2. The summed E-state index contributed by atoms with van der Waals surface area (Å²) in [5.74, 6) is 0.713. The molecule has 0 unspecified atom stereocenters. The standard InChI is InChI=1S/C16H20N2O4S2/c1-17-24(20,21)16-10-8-14(23-16)11-18-15(19)9-5-12-3-6-13(22-2)7-4-12/h3-4,6-8,10,17H,5,9,11H2,1-2H3,(H,18,19). The maximum absolute atomic E-state index is 11.9. The lowest BCUT2D eigenvalue weighted by Crippen LogP contribution is -2.22. The number of rotatable bonds is 8. The van der Waals surface area contributed by atoms with Crippen LogP contribution < -0.4 is 14.8 Å². The van der Waals surface area contributed by atoms with Crippen molar-refractivity contribution in [1.82, 2.24) is 10.0 Å². The minimum atomic E-state index is -3.42. The summed E-state index contributed by atoms with van der Waals surface area (Å²) < 4.78 is 30.9. The number of carbonyl (C=O) groups excluding carboxylic acids is 1. The van der Waals surface area contributed by atoms with Gasteiger partial charge in [-0.1, -0.05) is 12.1 Å². The van der Waals surface area contributed by atoms with Gasteiger partial charge in [-0.3, -0.25) is 4.79 Å². The summed E-state index contributed by atoms with van der Waals surface area (Å²) in [5, 5.41) is 2.81. The van der Waals surface area contributed by atoms with E-state index in [9.17, 15) is 13.2 Å². The van der Waals surface area contributed by atoms with Crippen LogP contribution in [0.1, 0.15) is 16.9 Å². The second-order valence-corrected chi connectivity index (χ2v) is 8.33. The summed E-state index contributed by atoms with van der Waals surface area (Å²) in [6.45, 7) is 0.325. The third kappa shape index (κ3) is 5.05. The summed E-state index contributed by atoms with van der Waals surface area (Å²) in [6.07, 6.45) is 1.01. The summed E-state index contributed by atoms with van der Waals surface area (Å²) in [5.41, 5.74) is 1.06. The first-order chi connectivity index (χ1) is 11.4. The van der Waals surface area contributed by atoms with E-state index in [0.29, 0.717) is 19.4 Å². The van der Waals surface area contributed by atoms with Crippen molar-refractivity contribution in [2.24, 2.45) is 0 Å². The van der Waals surface area contributed by atoms with Gasteiger partial charge in [0.05, 0.1) is 13.7 Å². The van der Waals surface area contributed by atoms with Gasteiger partial charge >= 0.3 is 0 Å². The molecule has 0 fully saturated rings. The monoisotopic (exact) mass is 368 g/mol. The second kappa shape index (κ2) is 8.27. The molecule has 0 aliphatic rings. The Morgan fingerprint density at radius 1 is 1.17 bits per heavy atom. The number of carbonyl (C=O) groups is 1. The average Bonchev–Trinajstić information content (AvgIpc) is 3.08. The largest absolute Gasteiger partial charge is 0.497 e. The van der Waals surface area contributed by atoms with E-state index in [2.05, 4.69) is 10.0 Å². The third-order valence-electron chi connectivity index (χ3n) is 3.43. The highest BCUT2D eigenvalue weighted by Crippen LogP contribution is 2.21. The Bertz CT molecular complexity index is 783. The van der Waals surface area contributed by atoms with Gasteiger partial charge in [-0.15, -0.1) is 11.3 Å². The zero-order valence-electron chi connectivity index (χ0n) is 13.5. The first-order valence-corrected chi connectivity index (χ1v) is 9.66. The first kappa shape index (κ1) is 18.4. The predicted octanol–water partition coefficient (Wildman–Crippen LogP) is 1.91. The number of nitrogens with one attached hydrogen (secondary N) is 2. The fourth-order valence-electron chi connectivity index (χ4n) is 2.02. The van der Waals surface area contributed by atoms with E-state index in [0.717, 1.165) is 27.5 Å². The molecule has 130 valence electrons. The fourth-order valence-corrected chi connectivity index (χ4v) is 4.16. The number of aryl methyl sites for hydroxylation is 1. The lowest BCUT2D eigenvalue weighted by molar-refractivity contribution is -0.121. The van der Waals surface area contributed by atoms with Crippen molar-refractivity contribution in [2.75, 3.05) is 14.2 Å². The summed E-state index contributed by atoms with van der Waals surface area (Å²) in [7, 11) is -0.440. The molecule has 6 nitrogen and oxygen atoms in total. The van der Waals surface area contributed by atoms with E-state index in [1.165, 1.54) is 13.1 Å². The zero-order chi connectivity index (χ0) is 17.6. The Kier molecular flexibility index (Phi) is 6.36. The highest BCUT2D eigenvalue weighted by molar-refractivity contribution is 7.91. The molecule has 0 atom stereocenters. The SMILES string of the molecule is CNS(=O)(=O)c1ccc(CNC(=O)CCc2ccc(OC)cc2)s1. The van der Waals surface area contributed by atoms with Crippen molar-refractivity contribution in [3.8, 4) is 5.75 Å². The van der Waals surface area contributed by atoms with Crippen LogP contribution in [0.15, 0.2) is 40.6 Å². The quantitative estimate of drug-likeness (QED) is 0.745. The van der Waals surface area contributed by atoms with Crippen LogP contribution in [0.5, 0.6) is 5.75 Å². The van der Waals surface area contributed by atoms with Crippen molar-refractivity contribution in [3.05, 3.63) is 46.8 Å². The lowest BCUT2D eigenvalue weighted by Gasteiger charge is -2.05. The molecule has 0 aliphatic heterocycles. The van der Waals surface area contributed by atoms with Crippen molar-refractivity contribution >= 4 is 27.3 Å². The Morgan fingerprint density at radius 3 is 2.50 bits per heavy atom. The molecule has 2 rings (SSSR count). The summed E-state index contributed by atoms with van der Waals surface area (Å²) >= 11 is 1.15. The molecule has 24 heavy (non-hydrogen) atoms. The van der Waals surface area contributed by atoms with E-state index in [4.69, 9.17) is 4.74 Å². The molecule has 1 aromatic carbocycles. The van der Waals surface area contributed by atoms with Crippen molar-refractivity contribution in [3.63, 3.8) is 0 Å². The molecule has 2 N–H and O–H groups in total. The number of amides is 1. The van der Waals surface area contributed by atoms with Gasteiger partial charge < -0.3 is 10.1 Å². The van der Waals surface area contributed by atoms with Gasteiger partial charge in [0, 0.05) is 11.3 Å². The number of hydrogen-bond acceptors (Lipinski definition) is 5. The highest BCUT2D eigenvalue weighted by atomic mass is 32.2. The Morgan fingerprint density at radius 2 is 1.88 bits per heavy atom. The van der Waals surface area contributed by atoms with Crippen molar-refractivity contribution < 1.29 is 17.9 Å². The molecular formula is C16H20N2O4S2. The van der Waals surface area contributed by atoms with Gasteiger partial charge in [0.2, 0.25) is 15.9 Å². The van der Waals surface area contributed by atoms with Crippen LogP contribution in [-0.4, -0.2) is 28.5 Å².